The van der Waals surface area contributed by atoms with Gasteiger partial charge in [0, 0.05) is 11.8 Å². The van der Waals surface area contributed by atoms with Crippen LogP contribution in [0.2, 0.25) is 0 Å². The van der Waals surface area contributed by atoms with Gasteiger partial charge in [0.1, 0.15) is 0 Å². The normalized spacial score (nSPS) is 11.0. The van der Waals surface area contributed by atoms with E-state index < -0.39 is 17.4 Å². The third kappa shape index (κ3) is 6.36. The zero-order chi connectivity index (χ0) is 20.1. The van der Waals surface area contributed by atoms with Gasteiger partial charge in [-0.15, -0.1) is 6.58 Å². The molecule has 1 N–H and O–H groups in total. The Kier molecular flexibility index (Phi) is 9.50. The maximum atomic E-state index is 12.4. The lowest BCUT2D eigenvalue weighted by atomic mass is 9.80. The van der Waals surface area contributed by atoms with Gasteiger partial charge in [0.2, 0.25) is 0 Å². The van der Waals surface area contributed by atoms with E-state index in [0.717, 1.165) is 0 Å². The molecule has 0 aliphatic heterocycles. The number of amides is 1. The standard InChI is InChI=1S/C20H26N2O5/c1-4-13-20(18(24)26-5-2,19(25)27-6-3)14-10-15-21-22-17(23)16-11-8-7-9-12-16/h4,7-9,11-12,15H,1,5-6,10,13-14H2,2-3H3,(H,22,23)/b21-15+. The highest BCUT2D eigenvalue weighted by molar-refractivity contribution is 6.00. The summed E-state index contributed by atoms with van der Waals surface area (Å²) in [5.41, 5.74) is 1.42. The number of nitrogens with zero attached hydrogens (tertiary/aromatic N) is 1. The monoisotopic (exact) mass is 374 g/mol. The van der Waals surface area contributed by atoms with Gasteiger partial charge in [0.15, 0.2) is 5.41 Å². The van der Waals surface area contributed by atoms with Crippen molar-refractivity contribution >= 4 is 24.1 Å². The Bertz CT molecular complexity index is 652. The molecule has 0 aromatic heterocycles. The molecule has 0 saturated carbocycles. The third-order valence-electron chi connectivity index (χ3n) is 3.82. The average Bonchev–Trinajstić information content (AvgIpc) is 2.67. The second-order valence-corrected chi connectivity index (χ2v) is 5.67. The first-order valence-electron chi connectivity index (χ1n) is 8.84. The van der Waals surface area contributed by atoms with E-state index in [1.54, 1.807) is 38.1 Å². The van der Waals surface area contributed by atoms with Crippen LogP contribution in [0.25, 0.3) is 0 Å². The molecule has 7 nitrogen and oxygen atoms in total. The number of allylic oxidation sites excluding steroid dienone is 1. The smallest absolute Gasteiger partial charge is 0.323 e. The fourth-order valence-corrected chi connectivity index (χ4v) is 2.47. The summed E-state index contributed by atoms with van der Waals surface area (Å²) in [5, 5.41) is 3.87. The lowest BCUT2D eigenvalue weighted by molar-refractivity contribution is -0.172. The van der Waals surface area contributed by atoms with Crippen molar-refractivity contribution in [1.29, 1.82) is 0 Å². The van der Waals surface area contributed by atoms with E-state index in [9.17, 15) is 14.4 Å². The Morgan fingerprint density at radius 3 is 2.22 bits per heavy atom. The van der Waals surface area contributed by atoms with Crippen LogP contribution in [0.4, 0.5) is 0 Å². The van der Waals surface area contributed by atoms with Gasteiger partial charge in [-0.05, 0) is 45.2 Å². The predicted molar refractivity (Wildman–Crippen MR) is 102 cm³/mol. The quantitative estimate of drug-likeness (QED) is 0.211. The fraction of sp³-hybridized carbons (Fsp3) is 0.400. The molecule has 1 amide bonds. The van der Waals surface area contributed by atoms with Crippen molar-refractivity contribution in [3.63, 3.8) is 0 Å². The molecule has 0 aliphatic rings. The number of esters is 2. The summed E-state index contributed by atoms with van der Waals surface area (Å²) >= 11 is 0. The number of hydrogen-bond donors (Lipinski definition) is 1. The summed E-state index contributed by atoms with van der Waals surface area (Å²) in [4.78, 5) is 36.8. The minimum atomic E-state index is -1.47. The van der Waals surface area contributed by atoms with Gasteiger partial charge in [0.25, 0.3) is 5.91 Å². The summed E-state index contributed by atoms with van der Waals surface area (Å²) in [6, 6.07) is 8.65. The van der Waals surface area contributed by atoms with Crippen LogP contribution in [0.5, 0.6) is 0 Å². The molecule has 0 radical (unpaired) electrons. The van der Waals surface area contributed by atoms with Crippen LogP contribution < -0.4 is 5.43 Å². The first kappa shape index (κ1) is 22.1. The summed E-state index contributed by atoms with van der Waals surface area (Å²) in [6.07, 6.45) is 3.41. The molecule has 1 aromatic rings. The first-order valence-corrected chi connectivity index (χ1v) is 8.84. The summed E-state index contributed by atoms with van der Waals surface area (Å²) in [6.45, 7) is 7.27. The van der Waals surface area contributed by atoms with E-state index in [-0.39, 0.29) is 38.4 Å². The summed E-state index contributed by atoms with van der Waals surface area (Å²) in [7, 11) is 0. The number of carbonyl (C=O) groups excluding carboxylic acids is 3. The van der Waals surface area contributed by atoms with E-state index >= 15 is 0 Å². The van der Waals surface area contributed by atoms with Gasteiger partial charge >= 0.3 is 11.9 Å². The Hall–Kier alpha value is -2.96. The second kappa shape index (κ2) is 11.6. The fourth-order valence-electron chi connectivity index (χ4n) is 2.47. The Labute approximate surface area is 159 Å². The zero-order valence-electron chi connectivity index (χ0n) is 15.8. The second-order valence-electron chi connectivity index (χ2n) is 5.67. The maximum absolute atomic E-state index is 12.4. The SMILES string of the molecule is C=CCC(CC/C=N/NC(=O)c1ccccc1)(C(=O)OCC)C(=O)OCC. The number of nitrogens with one attached hydrogen (secondary N) is 1. The van der Waals surface area contributed by atoms with E-state index in [4.69, 9.17) is 9.47 Å². The highest BCUT2D eigenvalue weighted by atomic mass is 16.6. The minimum absolute atomic E-state index is 0.0921. The molecule has 7 heteroatoms. The molecule has 27 heavy (non-hydrogen) atoms. The van der Waals surface area contributed by atoms with Crippen LogP contribution in [0.15, 0.2) is 48.1 Å². The number of ether oxygens (including phenoxy) is 2. The molecule has 0 bridgehead atoms. The van der Waals surface area contributed by atoms with Crippen molar-refractivity contribution in [2.24, 2.45) is 10.5 Å². The number of benzene rings is 1. The van der Waals surface area contributed by atoms with Crippen molar-refractivity contribution in [3.05, 3.63) is 48.6 Å². The van der Waals surface area contributed by atoms with Gasteiger partial charge < -0.3 is 9.47 Å². The van der Waals surface area contributed by atoms with Crippen LogP contribution in [-0.2, 0) is 19.1 Å². The largest absolute Gasteiger partial charge is 0.465 e. The van der Waals surface area contributed by atoms with E-state index in [0.29, 0.717) is 5.56 Å². The molecular formula is C20H26N2O5. The van der Waals surface area contributed by atoms with Crippen molar-refractivity contribution < 1.29 is 23.9 Å². The van der Waals surface area contributed by atoms with E-state index in [1.807, 2.05) is 6.07 Å². The highest BCUT2D eigenvalue weighted by Gasteiger charge is 2.47. The zero-order valence-corrected chi connectivity index (χ0v) is 15.8. The van der Waals surface area contributed by atoms with E-state index in [2.05, 4.69) is 17.1 Å². The first-order chi connectivity index (χ1) is 13.0. The Balaban J connectivity index is 2.77. The molecule has 1 rings (SSSR count). The molecule has 146 valence electrons. The van der Waals surface area contributed by atoms with Gasteiger partial charge in [-0.2, -0.15) is 5.10 Å². The molecule has 0 atom stereocenters. The molecule has 0 fully saturated rings. The number of carbonyl (C=O) groups is 3. The Morgan fingerprint density at radius 2 is 1.70 bits per heavy atom. The van der Waals surface area contributed by atoms with Crippen molar-refractivity contribution in [2.75, 3.05) is 13.2 Å². The highest BCUT2D eigenvalue weighted by Crippen LogP contribution is 2.32. The van der Waals surface area contributed by atoms with Crippen LogP contribution in [0.1, 0.15) is 43.5 Å². The minimum Gasteiger partial charge on any atom is -0.465 e. The molecule has 0 spiro atoms. The Morgan fingerprint density at radius 1 is 1.11 bits per heavy atom. The van der Waals surface area contributed by atoms with Gasteiger partial charge in [-0.25, -0.2) is 5.43 Å². The van der Waals surface area contributed by atoms with Crippen molar-refractivity contribution in [3.8, 4) is 0 Å². The summed E-state index contributed by atoms with van der Waals surface area (Å²) < 4.78 is 10.2. The van der Waals surface area contributed by atoms with Crippen LogP contribution in [0.3, 0.4) is 0 Å². The summed E-state index contributed by atoms with van der Waals surface area (Å²) in [5.74, 6) is -1.64. The predicted octanol–water partition coefficient (Wildman–Crippen LogP) is 2.87. The number of hydrogen-bond acceptors (Lipinski definition) is 6. The number of hydrazone groups is 1. The topological polar surface area (TPSA) is 94.1 Å². The third-order valence-corrected chi connectivity index (χ3v) is 3.82. The molecule has 0 heterocycles. The van der Waals surface area contributed by atoms with Gasteiger partial charge in [-0.1, -0.05) is 24.3 Å². The molecule has 1 aromatic carbocycles. The number of rotatable bonds is 11. The van der Waals surface area contributed by atoms with Crippen LogP contribution >= 0.6 is 0 Å². The van der Waals surface area contributed by atoms with Crippen molar-refractivity contribution in [2.45, 2.75) is 33.1 Å². The molecule has 0 unspecified atom stereocenters. The molecule has 0 aliphatic carbocycles. The maximum Gasteiger partial charge on any atom is 0.323 e. The van der Waals surface area contributed by atoms with E-state index in [1.165, 1.54) is 12.3 Å². The lowest BCUT2D eigenvalue weighted by Gasteiger charge is -2.27. The molecule has 0 saturated heterocycles. The van der Waals surface area contributed by atoms with Gasteiger partial charge in [-0.3, -0.25) is 14.4 Å². The lowest BCUT2D eigenvalue weighted by Crippen LogP contribution is -2.42. The van der Waals surface area contributed by atoms with Crippen LogP contribution in [-0.4, -0.2) is 37.3 Å². The van der Waals surface area contributed by atoms with Crippen LogP contribution in [0, 0.1) is 5.41 Å². The van der Waals surface area contributed by atoms with Crippen molar-refractivity contribution in [1.82, 2.24) is 5.43 Å². The average molecular weight is 374 g/mol. The van der Waals surface area contributed by atoms with Gasteiger partial charge in [0.05, 0.1) is 13.2 Å². The molecular weight excluding hydrogens is 348 g/mol.